The largest absolute Gasteiger partial charge is 0.496 e. The number of ether oxygens (including phenoxy) is 1. The zero-order chi connectivity index (χ0) is 13.8. The maximum absolute atomic E-state index is 13.2. The summed E-state index contributed by atoms with van der Waals surface area (Å²) in [6, 6.07) is 7.32. The summed E-state index contributed by atoms with van der Waals surface area (Å²) in [5, 5.41) is 2.60. The Kier molecular flexibility index (Phi) is 3.75. The number of carbonyl (C=O) groups is 1. The monoisotopic (exact) mass is 260 g/mol. The molecule has 1 amide bonds. The van der Waals surface area contributed by atoms with E-state index in [0.29, 0.717) is 11.6 Å². The highest BCUT2D eigenvalue weighted by molar-refractivity contribution is 6.05. The van der Waals surface area contributed by atoms with Gasteiger partial charge < -0.3 is 10.1 Å². The third-order valence-corrected chi connectivity index (χ3v) is 2.56. The van der Waals surface area contributed by atoms with E-state index in [2.05, 4.69) is 10.3 Å². The molecule has 0 unspecified atom stereocenters. The first-order valence-corrected chi connectivity index (χ1v) is 5.67. The van der Waals surface area contributed by atoms with Crippen molar-refractivity contribution in [3.8, 4) is 5.75 Å². The van der Waals surface area contributed by atoms with Gasteiger partial charge in [0.2, 0.25) is 0 Å². The highest BCUT2D eigenvalue weighted by Gasteiger charge is 2.14. The Morgan fingerprint density at radius 2 is 2.11 bits per heavy atom. The molecular weight excluding hydrogens is 247 g/mol. The van der Waals surface area contributed by atoms with Crippen LogP contribution in [0.25, 0.3) is 0 Å². The Balaban J connectivity index is 2.27. The minimum Gasteiger partial charge on any atom is -0.496 e. The second-order valence-electron chi connectivity index (χ2n) is 4.02. The Hall–Kier alpha value is -2.43. The molecule has 0 saturated carbocycles. The Bertz CT molecular complexity index is 614. The Morgan fingerprint density at radius 1 is 1.32 bits per heavy atom. The smallest absolute Gasteiger partial charge is 0.260 e. The number of halogens is 1. The lowest BCUT2D eigenvalue weighted by Gasteiger charge is -2.09. The van der Waals surface area contributed by atoms with Gasteiger partial charge in [-0.05, 0) is 42.8 Å². The van der Waals surface area contributed by atoms with Crippen LogP contribution in [0.15, 0.2) is 36.5 Å². The van der Waals surface area contributed by atoms with Crippen LogP contribution in [0.4, 0.5) is 10.2 Å². The van der Waals surface area contributed by atoms with Crippen molar-refractivity contribution in [3.05, 3.63) is 53.5 Å². The van der Waals surface area contributed by atoms with Gasteiger partial charge in [0.1, 0.15) is 17.4 Å². The number of hydrogen-bond donors (Lipinski definition) is 1. The van der Waals surface area contributed by atoms with Crippen LogP contribution in [0.2, 0.25) is 0 Å². The fraction of sp³-hybridized carbons (Fsp3) is 0.143. The maximum Gasteiger partial charge on any atom is 0.260 e. The lowest BCUT2D eigenvalue weighted by Crippen LogP contribution is -2.14. The van der Waals surface area contributed by atoms with Crippen LogP contribution in [0.1, 0.15) is 15.9 Å². The highest BCUT2D eigenvalue weighted by atomic mass is 19.1. The van der Waals surface area contributed by atoms with Crippen LogP contribution < -0.4 is 10.1 Å². The van der Waals surface area contributed by atoms with Gasteiger partial charge in [-0.1, -0.05) is 0 Å². The third kappa shape index (κ3) is 3.07. The molecule has 0 radical (unpaired) electrons. The van der Waals surface area contributed by atoms with Crippen molar-refractivity contribution in [1.29, 1.82) is 0 Å². The van der Waals surface area contributed by atoms with Gasteiger partial charge >= 0.3 is 0 Å². The van der Waals surface area contributed by atoms with Crippen LogP contribution in [-0.4, -0.2) is 18.0 Å². The summed E-state index contributed by atoms with van der Waals surface area (Å²) in [5.74, 6) is -0.236. The predicted octanol–water partition coefficient (Wildman–Crippen LogP) is 2.79. The first-order valence-electron chi connectivity index (χ1n) is 5.67. The van der Waals surface area contributed by atoms with Crippen LogP contribution in [0, 0.1) is 12.7 Å². The summed E-state index contributed by atoms with van der Waals surface area (Å²) in [6.45, 7) is 1.89. The van der Waals surface area contributed by atoms with Crippen molar-refractivity contribution in [1.82, 2.24) is 4.98 Å². The quantitative estimate of drug-likeness (QED) is 0.923. The Labute approximate surface area is 110 Å². The van der Waals surface area contributed by atoms with E-state index in [0.717, 1.165) is 11.6 Å². The van der Waals surface area contributed by atoms with Crippen molar-refractivity contribution in [3.63, 3.8) is 0 Å². The zero-order valence-electron chi connectivity index (χ0n) is 10.6. The van der Waals surface area contributed by atoms with Gasteiger partial charge in [-0.15, -0.1) is 0 Å². The summed E-state index contributed by atoms with van der Waals surface area (Å²) in [4.78, 5) is 16.1. The van der Waals surface area contributed by atoms with E-state index in [1.807, 2.05) is 13.0 Å². The van der Waals surface area contributed by atoms with Crippen LogP contribution in [0.5, 0.6) is 5.75 Å². The molecule has 5 heteroatoms. The SMILES string of the molecule is COc1ccc(F)cc1C(=O)Nc1cc(C)ccn1. The molecule has 1 aromatic heterocycles. The molecule has 2 aromatic rings. The summed E-state index contributed by atoms with van der Waals surface area (Å²) < 4.78 is 18.2. The minimum absolute atomic E-state index is 0.130. The first-order chi connectivity index (χ1) is 9.10. The number of aromatic nitrogens is 1. The van der Waals surface area contributed by atoms with E-state index in [-0.39, 0.29) is 5.56 Å². The summed E-state index contributed by atoms with van der Waals surface area (Å²) in [7, 11) is 1.43. The molecule has 98 valence electrons. The molecule has 0 aliphatic rings. The first kappa shape index (κ1) is 13.0. The normalized spacial score (nSPS) is 10.1. The van der Waals surface area contributed by atoms with E-state index in [9.17, 15) is 9.18 Å². The van der Waals surface area contributed by atoms with E-state index >= 15 is 0 Å². The molecule has 0 bridgehead atoms. The standard InChI is InChI=1S/C14H13FN2O2/c1-9-5-6-16-13(7-9)17-14(18)11-8-10(15)3-4-12(11)19-2/h3-8H,1-2H3,(H,16,17,18). The second kappa shape index (κ2) is 5.48. The van der Waals surface area contributed by atoms with Crippen molar-refractivity contribution in [2.75, 3.05) is 12.4 Å². The van der Waals surface area contributed by atoms with Gasteiger partial charge in [-0.25, -0.2) is 9.37 Å². The molecule has 2 rings (SSSR count). The molecule has 0 aliphatic carbocycles. The van der Waals surface area contributed by atoms with Crippen LogP contribution in [-0.2, 0) is 0 Å². The number of benzene rings is 1. The van der Waals surface area contributed by atoms with Gasteiger partial charge in [0.15, 0.2) is 0 Å². The van der Waals surface area contributed by atoms with Crippen LogP contribution >= 0.6 is 0 Å². The number of amides is 1. The van der Waals surface area contributed by atoms with Gasteiger partial charge in [0.25, 0.3) is 5.91 Å². The molecule has 0 saturated heterocycles. The molecule has 19 heavy (non-hydrogen) atoms. The molecule has 4 nitrogen and oxygen atoms in total. The number of nitrogens with zero attached hydrogens (tertiary/aromatic N) is 1. The highest BCUT2D eigenvalue weighted by Crippen LogP contribution is 2.20. The number of pyridine rings is 1. The zero-order valence-corrected chi connectivity index (χ0v) is 10.6. The average molecular weight is 260 g/mol. The van der Waals surface area contributed by atoms with Gasteiger partial charge in [0.05, 0.1) is 12.7 Å². The number of carbonyl (C=O) groups excluding carboxylic acids is 1. The lowest BCUT2D eigenvalue weighted by molar-refractivity contribution is 0.102. The van der Waals surface area contributed by atoms with E-state index < -0.39 is 11.7 Å². The summed E-state index contributed by atoms with van der Waals surface area (Å²) in [6.07, 6.45) is 1.59. The third-order valence-electron chi connectivity index (χ3n) is 2.56. The second-order valence-corrected chi connectivity index (χ2v) is 4.02. The fourth-order valence-electron chi connectivity index (χ4n) is 1.65. The number of methoxy groups -OCH3 is 1. The maximum atomic E-state index is 13.2. The van der Waals surface area contributed by atoms with E-state index in [4.69, 9.17) is 4.74 Å². The molecule has 0 aliphatic heterocycles. The predicted molar refractivity (Wildman–Crippen MR) is 69.9 cm³/mol. The Morgan fingerprint density at radius 3 is 2.79 bits per heavy atom. The van der Waals surface area contributed by atoms with E-state index in [1.54, 1.807) is 12.3 Å². The van der Waals surface area contributed by atoms with Crippen molar-refractivity contribution >= 4 is 11.7 Å². The van der Waals surface area contributed by atoms with Gasteiger partial charge in [-0.2, -0.15) is 0 Å². The number of aryl methyl sites for hydroxylation is 1. The minimum atomic E-state index is -0.497. The summed E-state index contributed by atoms with van der Waals surface area (Å²) >= 11 is 0. The molecule has 0 atom stereocenters. The molecule has 1 N–H and O–H groups in total. The number of rotatable bonds is 3. The van der Waals surface area contributed by atoms with Crippen molar-refractivity contribution in [2.45, 2.75) is 6.92 Å². The molecule has 0 fully saturated rings. The van der Waals surface area contributed by atoms with Gasteiger partial charge in [0, 0.05) is 6.20 Å². The molecule has 1 aromatic carbocycles. The molecule has 0 spiro atoms. The molecular formula is C14H13FN2O2. The van der Waals surface area contributed by atoms with E-state index in [1.165, 1.54) is 19.2 Å². The molecule has 1 heterocycles. The lowest BCUT2D eigenvalue weighted by atomic mass is 10.2. The number of nitrogens with one attached hydrogen (secondary N) is 1. The number of anilines is 1. The van der Waals surface area contributed by atoms with Crippen molar-refractivity contribution in [2.24, 2.45) is 0 Å². The topological polar surface area (TPSA) is 51.2 Å². The summed E-state index contributed by atoms with van der Waals surface area (Å²) in [5.41, 5.74) is 1.10. The van der Waals surface area contributed by atoms with Gasteiger partial charge in [-0.3, -0.25) is 4.79 Å². The van der Waals surface area contributed by atoms with Crippen LogP contribution in [0.3, 0.4) is 0 Å². The fourth-order valence-corrected chi connectivity index (χ4v) is 1.65. The van der Waals surface area contributed by atoms with Crippen molar-refractivity contribution < 1.29 is 13.9 Å². The average Bonchev–Trinajstić information content (AvgIpc) is 2.38. The number of hydrogen-bond acceptors (Lipinski definition) is 3.